The second-order valence-electron chi connectivity index (χ2n) is 4.44. The van der Waals surface area contributed by atoms with Crippen LogP contribution >= 0.6 is 11.8 Å². The summed E-state index contributed by atoms with van der Waals surface area (Å²) in [6, 6.07) is 13.9. The highest BCUT2D eigenvalue weighted by Gasteiger charge is 2.06. The van der Waals surface area contributed by atoms with Crippen molar-refractivity contribution in [3.63, 3.8) is 0 Å². The van der Waals surface area contributed by atoms with Crippen molar-refractivity contribution in [3.8, 4) is 0 Å². The van der Waals surface area contributed by atoms with E-state index in [4.69, 9.17) is 10.2 Å². The van der Waals surface area contributed by atoms with Crippen molar-refractivity contribution >= 4 is 28.5 Å². The van der Waals surface area contributed by atoms with Crippen LogP contribution in [0, 0.1) is 6.92 Å². The van der Waals surface area contributed by atoms with Gasteiger partial charge in [-0.3, -0.25) is 0 Å². The summed E-state index contributed by atoms with van der Waals surface area (Å²) in [5, 5.41) is 0. The summed E-state index contributed by atoms with van der Waals surface area (Å²) < 4.78 is 5.69. The lowest BCUT2D eigenvalue weighted by molar-refractivity contribution is 0.556. The first-order valence-corrected chi connectivity index (χ1v) is 7.04. The molecule has 3 nitrogen and oxygen atoms in total. The Morgan fingerprint density at radius 3 is 2.95 bits per heavy atom. The molecule has 0 saturated heterocycles. The number of nitrogens with zero attached hydrogens (tertiary/aromatic N) is 1. The number of fused-ring (bicyclic) bond motifs is 1. The first-order chi connectivity index (χ1) is 9.20. The Labute approximate surface area is 115 Å². The number of anilines is 1. The maximum absolute atomic E-state index is 5.72. The van der Waals surface area contributed by atoms with Crippen LogP contribution < -0.4 is 5.73 Å². The molecule has 19 heavy (non-hydrogen) atoms. The fourth-order valence-corrected chi connectivity index (χ4v) is 2.76. The van der Waals surface area contributed by atoms with Crippen LogP contribution in [0.5, 0.6) is 0 Å². The Hall–Kier alpha value is -1.94. The third kappa shape index (κ3) is 2.74. The van der Waals surface area contributed by atoms with Gasteiger partial charge in [-0.2, -0.15) is 0 Å². The second kappa shape index (κ2) is 4.97. The minimum atomic E-state index is 0.696. The van der Waals surface area contributed by atoms with Gasteiger partial charge in [0.05, 0.1) is 5.75 Å². The largest absolute Gasteiger partial charge is 0.440 e. The first-order valence-electron chi connectivity index (χ1n) is 6.05. The molecule has 0 atom stereocenters. The Bertz CT molecular complexity index is 721. The molecule has 0 bridgehead atoms. The van der Waals surface area contributed by atoms with E-state index in [1.807, 2.05) is 18.2 Å². The number of hydrogen-bond donors (Lipinski definition) is 1. The molecule has 0 radical (unpaired) electrons. The van der Waals surface area contributed by atoms with Crippen molar-refractivity contribution in [2.75, 3.05) is 5.73 Å². The predicted molar refractivity (Wildman–Crippen MR) is 79.2 cm³/mol. The van der Waals surface area contributed by atoms with Crippen LogP contribution in [0.1, 0.15) is 11.5 Å². The molecule has 0 unspecified atom stereocenters. The lowest BCUT2D eigenvalue weighted by Crippen LogP contribution is -1.81. The minimum absolute atomic E-state index is 0.696. The zero-order chi connectivity index (χ0) is 13.2. The Morgan fingerprint density at radius 1 is 1.21 bits per heavy atom. The molecule has 0 aliphatic carbocycles. The summed E-state index contributed by atoms with van der Waals surface area (Å²) in [5.41, 5.74) is 9.28. The summed E-state index contributed by atoms with van der Waals surface area (Å²) in [5.74, 6) is 1.45. The molecule has 2 N–H and O–H groups in total. The number of nitrogens with two attached hydrogens (primary N) is 1. The van der Waals surface area contributed by atoms with Gasteiger partial charge < -0.3 is 10.2 Å². The lowest BCUT2D eigenvalue weighted by Gasteiger charge is -1.99. The molecule has 1 aromatic heterocycles. The van der Waals surface area contributed by atoms with E-state index in [-0.39, 0.29) is 0 Å². The fraction of sp³-hybridized carbons (Fsp3) is 0.133. The van der Waals surface area contributed by atoms with Crippen LogP contribution in [0.25, 0.3) is 11.1 Å². The van der Waals surface area contributed by atoms with Gasteiger partial charge in [0.1, 0.15) is 5.52 Å². The molecule has 0 aliphatic rings. The Morgan fingerprint density at radius 2 is 2.11 bits per heavy atom. The molecule has 0 saturated carbocycles. The van der Waals surface area contributed by atoms with Crippen molar-refractivity contribution in [2.45, 2.75) is 17.6 Å². The molecule has 4 heteroatoms. The van der Waals surface area contributed by atoms with Gasteiger partial charge in [-0.05, 0) is 31.2 Å². The van der Waals surface area contributed by atoms with Gasteiger partial charge in [0, 0.05) is 16.6 Å². The van der Waals surface area contributed by atoms with Crippen LogP contribution in [0.15, 0.2) is 51.8 Å². The van der Waals surface area contributed by atoms with Gasteiger partial charge in [0.15, 0.2) is 5.58 Å². The number of rotatable bonds is 3. The highest BCUT2D eigenvalue weighted by atomic mass is 32.2. The highest BCUT2D eigenvalue weighted by Crippen LogP contribution is 2.25. The molecule has 0 aliphatic heterocycles. The normalized spacial score (nSPS) is 11.0. The average Bonchev–Trinajstić information content (AvgIpc) is 2.78. The molecular weight excluding hydrogens is 256 g/mol. The summed E-state index contributed by atoms with van der Waals surface area (Å²) >= 11 is 1.72. The van der Waals surface area contributed by atoms with Crippen molar-refractivity contribution in [2.24, 2.45) is 0 Å². The van der Waals surface area contributed by atoms with E-state index in [9.17, 15) is 0 Å². The number of aromatic nitrogens is 1. The van der Waals surface area contributed by atoms with Crippen LogP contribution in [0.2, 0.25) is 0 Å². The molecule has 0 amide bonds. The molecule has 0 spiro atoms. The van der Waals surface area contributed by atoms with Gasteiger partial charge >= 0.3 is 0 Å². The molecule has 3 rings (SSSR count). The van der Waals surface area contributed by atoms with Crippen LogP contribution in [0.4, 0.5) is 5.69 Å². The molecular formula is C15H14N2OS. The fourth-order valence-electron chi connectivity index (χ4n) is 1.90. The highest BCUT2D eigenvalue weighted by molar-refractivity contribution is 7.98. The van der Waals surface area contributed by atoms with E-state index in [1.165, 1.54) is 10.5 Å². The Kier molecular flexibility index (Phi) is 3.17. The van der Waals surface area contributed by atoms with Gasteiger partial charge in [-0.15, -0.1) is 11.8 Å². The second-order valence-corrected chi connectivity index (χ2v) is 5.49. The van der Waals surface area contributed by atoms with Crippen LogP contribution in [-0.4, -0.2) is 4.98 Å². The van der Waals surface area contributed by atoms with E-state index in [2.05, 4.69) is 36.2 Å². The molecule has 2 aromatic carbocycles. The van der Waals surface area contributed by atoms with Gasteiger partial charge in [0.25, 0.3) is 0 Å². The van der Waals surface area contributed by atoms with Gasteiger partial charge in [-0.25, -0.2) is 4.98 Å². The number of benzene rings is 2. The monoisotopic (exact) mass is 270 g/mol. The van der Waals surface area contributed by atoms with Crippen LogP contribution in [0.3, 0.4) is 0 Å². The molecule has 96 valence electrons. The van der Waals surface area contributed by atoms with Crippen molar-refractivity contribution in [1.82, 2.24) is 4.98 Å². The minimum Gasteiger partial charge on any atom is -0.440 e. The van der Waals surface area contributed by atoms with Gasteiger partial charge in [0.2, 0.25) is 5.89 Å². The van der Waals surface area contributed by atoms with E-state index in [0.29, 0.717) is 5.69 Å². The molecule has 1 heterocycles. The third-order valence-corrected chi connectivity index (χ3v) is 3.79. The Balaban J connectivity index is 1.78. The molecule has 3 aromatic rings. The quantitative estimate of drug-likeness (QED) is 0.577. The van der Waals surface area contributed by atoms with Gasteiger partial charge in [-0.1, -0.05) is 17.7 Å². The van der Waals surface area contributed by atoms with E-state index in [0.717, 1.165) is 22.7 Å². The zero-order valence-corrected chi connectivity index (χ0v) is 11.4. The zero-order valence-electron chi connectivity index (χ0n) is 10.6. The van der Waals surface area contributed by atoms with Crippen LogP contribution in [-0.2, 0) is 5.75 Å². The smallest absolute Gasteiger partial charge is 0.205 e. The topological polar surface area (TPSA) is 52.0 Å². The van der Waals surface area contributed by atoms with E-state index in [1.54, 1.807) is 11.8 Å². The number of hydrogen-bond acceptors (Lipinski definition) is 4. The van der Waals surface area contributed by atoms with Crippen molar-refractivity contribution in [3.05, 3.63) is 53.9 Å². The SMILES string of the molecule is Cc1cccc(SCc2nc3ccc(N)cc3o2)c1. The number of oxazole rings is 1. The summed E-state index contributed by atoms with van der Waals surface area (Å²) in [6.45, 7) is 2.09. The van der Waals surface area contributed by atoms with Crippen molar-refractivity contribution < 1.29 is 4.42 Å². The first kappa shape index (κ1) is 12.1. The summed E-state index contributed by atoms with van der Waals surface area (Å²) in [7, 11) is 0. The number of nitrogen functional groups attached to an aromatic ring is 1. The number of aryl methyl sites for hydroxylation is 1. The van der Waals surface area contributed by atoms with E-state index >= 15 is 0 Å². The third-order valence-electron chi connectivity index (χ3n) is 2.81. The average molecular weight is 270 g/mol. The lowest BCUT2D eigenvalue weighted by atomic mass is 10.2. The maximum atomic E-state index is 5.72. The summed E-state index contributed by atoms with van der Waals surface area (Å²) in [6.07, 6.45) is 0. The van der Waals surface area contributed by atoms with E-state index < -0.39 is 0 Å². The standard InChI is InChI=1S/C15H14N2OS/c1-10-3-2-4-12(7-10)19-9-15-17-13-6-5-11(16)8-14(13)18-15/h2-8H,9,16H2,1H3. The predicted octanol–water partition coefficient (Wildman–Crippen LogP) is 4.01. The maximum Gasteiger partial charge on any atom is 0.205 e. The van der Waals surface area contributed by atoms with Crippen molar-refractivity contribution in [1.29, 1.82) is 0 Å². The summed E-state index contributed by atoms with van der Waals surface area (Å²) in [4.78, 5) is 5.67. The molecule has 0 fully saturated rings. The number of thioether (sulfide) groups is 1.